The third kappa shape index (κ3) is 4.35. The van der Waals surface area contributed by atoms with Crippen LogP contribution in [0, 0.1) is 0 Å². The van der Waals surface area contributed by atoms with Gasteiger partial charge in [-0.1, -0.05) is 23.2 Å². The molecule has 0 aromatic heterocycles. The third-order valence-corrected chi connectivity index (χ3v) is 6.08. The molecule has 1 saturated heterocycles. The predicted octanol–water partition coefficient (Wildman–Crippen LogP) is 3.18. The summed E-state index contributed by atoms with van der Waals surface area (Å²) in [5.41, 5.74) is 7.68. The zero-order chi connectivity index (χ0) is 18.7. The van der Waals surface area contributed by atoms with Crippen molar-refractivity contribution in [1.29, 1.82) is 0 Å². The Labute approximate surface area is 163 Å². The fourth-order valence-corrected chi connectivity index (χ4v) is 4.48. The average Bonchev–Trinajstić information content (AvgIpc) is 2.86. The largest absolute Gasteiger partial charge is 0.397 e. The van der Waals surface area contributed by atoms with E-state index in [0.717, 1.165) is 38.3 Å². The quantitative estimate of drug-likeness (QED) is 0.668. The van der Waals surface area contributed by atoms with Crippen molar-refractivity contribution in [3.63, 3.8) is 0 Å². The lowest BCUT2D eigenvalue weighted by molar-refractivity contribution is 0.601. The molecule has 4 N–H and O–H groups in total. The van der Waals surface area contributed by atoms with E-state index >= 15 is 0 Å². The van der Waals surface area contributed by atoms with E-state index in [9.17, 15) is 8.42 Å². The van der Waals surface area contributed by atoms with Crippen LogP contribution in [0.3, 0.4) is 0 Å². The molecule has 140 valence electrons. The summed E-state index contributed by atoms with van der Waals surface area (Å²) in [6.07, 6.45) is 1.01. The van der Waals surface area contributed by atoms with Gasteiger partial charge in [-0.05, 0) is 49.4 Å². The number of hydrogen-bond donors (Lipinski definition) is 3. The van der Waals surface area contributed by atoms with E-state index in [1.807, 2.05) is 0 Å². The molecule has 0 unspecified atom stereocenters. The smallest absolute Gasteiger partial charge is 0.262 e. The molecule has 1 aliphatic rings. The average molecular weight is 415 g/mol. The van der Waals surface area contributed by atoms with E-state index in [1.54, 1.807) is 18.2 Å². The number of benzene rings is 2. The molecular formula is C17H20Cl2N4O2S. The van der Waals surface area contributed by atoms with Crippen molar-refractivity contribution in [2.24, 2.45) is 0 Å². The molecule has 0 radical (unpaired) electrons. The summed E-state index contributed by atoms with van der Waals surface area (Å²) in [7, 11) is -3.81. The van der Waals surface area contributed by atoms with E-state index in [0.29, 0.717) is 10.7 Å². The van der Waals surface area contributed by atoms with Gasteiger partial charge in [0.2, 0.25) is 0 Å². The zero-order valence-electron chi connectivity index (χ0n) is 14.0. The van der Waals surface area contributed by atoms with Gasteiger partial charge in [0, 0.05) is 24.7 Å². The van der Waals surface area contributed by atoms with Gasteiger partial charge in [0.15, 0.2) is 0 Å². The minimum atomic E-state index is -3.81. The number of nitrogens with zero attached hydrogens (tertiary/aromatic N) is 1. The Morgan fingerprint density at radius 3 is 2.62 bits per heavy atom. The van der Waals surface area contributed by atoms with E-state index in [1.165, 1.54) is 18.2 Å². The summed E-state index contributed by atoms with van der Waals surface area (Å²) >= 11 is 11.9. The van der Waals surface area contributed by atoms with Gasteiger partial charge in [-0.15, -0.1) is 0 Å². The molecule has 0 atom stereocenters. The molecule has 6 nitrogen and oxygen atoms in total. The fourth-order valence-electron chi connectivity index (χ4n) is 2.85. The van der Waals surface area contributed by atoms with Crippen molar-refractivity contribution in [3.8, 4) is 0 Å². The Kier molecular flexibility index (Phi) is 5.82. The van der Waals surface area contributed by atoms with Crippen molar-refractivity contribution in [3.05, 3.63) is 46.4 Å². The highest BCUT2D eigenvalue weighted by Crippen LogP contribution is 2.30. The standard InChI is InChI=1S/C17H20Cl2N4O2S/c18-12-2-4-16(14(19)10-12)22-26(24,25)13-3-5-17(15(20)11-13)23-8-1-6-21-7-9-23/h2-5,10-11,21-22H,1,6-9,20H2. The Morgan fingerprint density at radius 2 is 1.88 bits per heavy atom. The second kappa shape index (κ2) is 7.92. The highest BCUT2D eigenvalue weighted by Gasteiger charge is 2.19. The third-order valence-electron chi connectivity index (χ3n) is 4.17. The number of nitrogens with one attached hydrogen (secondary N) is 2. The van der Waals surface area contributed by atoms with Gasteiger partial charge in [-0.3, -0.25) is 4.72 Å². The second-order valence-corrected chi connectivity index (χ2v) is 8.57. The van der Waals surface area contributed by atoms with Crippen molar-refractivity contribution in [1.82, 2.24) is 5.32 Å². The topological polar surface area (TPSA) is 87.5 Å². The van der Waals surface area contributed by atoms with Gasteiger partial charge >= 0.3 is 0 Å². The van der Waals surface area contributed by atoms with Crippen LogP contribution >= 0.6 is 23.2 Å². The second-order valence-electron chi connectivity index (χ2n) is 6.04. The zero-order valence-corrected chi connectivity index (χ0v) is 16.3. The van der Waals surface area contributed by atoms with E-state index in [4.69, 9.17) is 28.9 Å². The number of hydrogen-bond acceptors (Lipinski definition) is 5. The SMILES string of the molecule is Nc1cc(S(=O)(=O)Nc2ccc(Cl)cc2Cl)ccc1N1CCCNCC1. The molecule has 2 aromatic carbocycles. The molecule has 1 heterocycles. The first-order valence-electron chi connectivity index (χ1n) is 8.20. The van der Waals surface area contributed by atoms with Crippen LogP contribution in [0.5, 0.6) is 0 Å². The summed E-state index contributed by atoms with van der Waals surface area (Å²) in [4.78, 5) is 2.24. The van der Waals surface area contributed by atoms with Crippen LogP contribution in [-0.4, -0.2) is 34.6 Å². The highest BCUT2D eigenvalue weighted by atomic mass is 35.5. The maximum Gasteiger partial charge on any atom is 0.262 e. The number of rotatable bonds is 4. The number of nitrogen functional groups attached to an aromatic ring is 1. The predicted molar refractivity (Wildman–Crippen MR) is 108 cm³/mol. The summed E-state index contributed by atoms with van der Waals surface area (Å²) in [6, 6.07) is 9.33. The first-order chi connectivity index (χ1) is 12.4. The molecule has 2 aromatic rings. The summed E-state index contributed by atoms with van der Waals surface area (Å²) in [5.74, 6) is 0. The minimum Gasteiger partial charge on any atom is -0.397 e. The van der Waals surface area contributed by atoms with E-state index < -0.39 is 10.0 Å². The number of halogens is 2. The number of sulfonamides is 1. The first-order valence-corrected chi connectivity index (χ1v) is 10.4. The van der Waals surface area contributed by atoms with Crippen molar-refractivity contribution in [2.75, 3.05) is 41.5 Å². The molecule has 0 aliphatic carbocycles. The molecule has 1 fully saturated rings. The van der Waals surface area contributed by atoms with Gasteiger partial charge in [0.25, 0.3) is 10.0 Å². The Morgan fingerprint density at radius 1 is 1.08 bits per heavy atom. The van der Waals surface area contributed by atoms with E-state index in [-0.39, 0.29) is 15.6 Å². The lowest BCUT2D eigenvalue weighted by Gasteiger charge is -2.24. The van der Waals surface area contributed by atoms with Gasteiger partial charge in [-0.2, -0.15) is 0 Å². The van der Waals surface area contributed by atoms with E-state index in [2.05, 4.69) is 14.9 Å². The Balaban J connectivity index is 1.85. The van der Waals surface area contributed by atoms with Crippen LogP contribution in [0.15, 0.2) is 41.3 Å². The Hall–Kier alpha value is -1.67. The molecule has 0 spiro atoms. The van der Waals surface area contributed by atoms with Gasteiger partial charge in [0.05, 0.1) is 27.0 Å². The van der Waals surface area contributed by atoms with Crippen LogP contribution in [0.2, 0.25) is 10.0 Å². The van der Waals surface area contributed by atoms with Crippen LogP contribution in [-0.2, 0) is 10.0 Å². The molecule has 0 amide bonds. The van der Waals surface area contributed by atoms with Crippen molar-refractivity contribution in [2.45, 2.75) is 11.3 Å². The fraction of sp³-hybridized carbons (Fsp3) is 0.294. The first kappa shape index (κ1) is 19.1. The lowest BCUT2D eigenvalue weighted by Crippen LogP contribution is -2.28. The van der Waals surface area contributed by atoms with Crippen molar-refractivity contribution < 1.29 is 8.42 Å². The van der Waals surface area contributed by atoms with Gasteiger partial charge in [-0.25, -0.2) is 8.42 Å². The lowest BCUT2D eigenvalue weighted by atomic mass is 10.2. The molecule has 3 rings (SSSR count). The summed E-state index contributed by atoms with van der Waals surface area (Å²) in [6.45, 7) is 3.54. The van der Waals surface area contributed by atoms with Crippen LogP contribution in [0.1, 0.15) is 6.42 Å². The van der Waals surface area contributed by atoms with Crippen LogP contribution < -0.4 is 20.7 Å². The van der Waals surface area contributed by atoms with Gasteiger partial charge < -0.3 is 16.0 Å². The molecule has 0 saturated carbocycles. The van der Waals surface area contributed by atoms with Crippen LogP contribution in [0.25, 0.3) is 0 Å². The Bertz CT molecular complexity index is 898. The van der Waals surface area contributed by atoms with Crippen LogP contribution in [0.4, 0.5) is 17.1 Å². The number of nitrogens with two attached hydrogens (primary N) is 1. The monoisotopic (exact) mass is 414 g/mol. The summed E-state index contributed by atoms with van der Waals surface area (Å²) in [5, 5.41) is 3.98. The molecule has 26 heavy (non-hydrogen) atoms. The summed E-state index contributed by atoms with van der Waals surface area (Å²) < 4.78 is 27.8. The molecule has 1 aliphatic heterocycles. The number of anilines is 3. The molecule has 0 bridgehead atoms. The molecular weight excluding hydrogens is 395 g/mol. The maximum atomic E-state index is 12.7. The molecule has 9 heteroatoms. The maximum absolute atomic E-state index is 12.7. The highest BCUT2D eigenvalue weighted by molar-refractivity contribution is 7.92. The van der Waals surface area contributed by atoms with Gasteiger partial charge in [0.1, 0.15) is 0 Å². The normalized spacial score (nSPS) is 15.5. The van der Waals surface area contributed by atoms with Crippen molar-refractivity contribution >= 4 is 50.3 Å². The minimum absolute atomic E-state index is 0.0812.